The highest BCUT2D eigenvalue weighted by atomic mass is 35.5. The van der Waals surface area contributed by atoms with Crippen molar-refractivity contribution < 1.29 is 39.5 Å². The van der Waals surface area contributed by atoms with E-state index >= 15 is 0 Å². The van der Waals surface area contributed by atoms with Crippen LogP contribution in [0.1, 0.15) is 25.6 Å². The van der Waals surface area contributed by atoms with Gasteiger partial charge >= 0.3 is 11.9 Å². The van der Waals surface area contributed by atoms with Crippen molar-refractivity contribution in [2.24, 2.45) is 0 Å². The second-order valence-electron chi connectivity index (χ2n) is 8.46. The first-order valence-electron chi connectivity index (χ1n) is 11.2. The van der Waals surface area contributed by atoms with Gasteiger partial charge in [0.1, 0.15) is 6.10 Å². The molecule has 3 atom stereocenters. The number of aliphatic hydroxyl groups is 2. The number of thiophene rings is 1. The normalized spacial score (nSPS) is 14.2. The standard InChI is InChI=1S/C23H26ClN5O8S/c1-4-15(31)19(29-11-25-16-17(26-12(2)3)27-22(24)28-18(16)29)37-14(8-30)9-36-23(20(32)33,21(34)35)7-13-5-6-38-10-13/h1,5-6,10-12,14-15,19,30-31H,7-9H2,2-3H3,(H,32,33)(H,34,35)(H,26,27,28)/t14-,15+,19+/m0/s1. The van der Waals surface area contributed by atoms with E-state index in [0.717, 1.165) is 0 Å². The highest BCUT2D eigenvalue weighted by Gasteiger charge is 2.49. The van der Waals surface area contributed by atoms with E-state index in [1.807, 2.05) is 13.8 Å². The molecule has 0 spiro atoms. The maximum atomic E-state index is 12.0. The topological polar surface area (TPSA) is 189 Å². The Hall–Kier alpha value is -3.32. The Balaban J connectivity index is 1.91. The number of halogens is 1. The van der Waals surface area contributed by atoms with Gasteiger partial charge in [0, 0.05) is 12.5 Å². The molecule has 0 amide bonds. The van der Waals surface area contributed by atoms with Gasteiger partial charge in [0.05, 0.1) is 19.5 Å². The van der Waals surface area contributed by atoms with Crippen molar-refractivity contribution in [1.29, 1.82) is 0 Å². The number of hydrogen-bond donors (Lipinski definition) is 5. The number of imidazole rings is 1. The lowest BCUT2D eigenvalue weighted by Crippen LogP contribution is -2.52. The van der Waals surface area contributed by atoms with Crippen molar-refractivity contribution in [3.05, 3.63) is 34.0 Å². The van der Waals surface area contributed by atoms with E-state index in [4.69, 9.17) is 27.5 Å². The SMILES string of the molecule is C#C[C@@H](O)[C@@H](O[C@@H](CO)COC(Cc1ccsc1)(C(=O)O)C(=O)O)n1cnc2c(NC(C)C)nc(Cl)nc21. The summed E-state index contributed by atoms with van der Waals surface area (Å²) in [6.45, 7) is 2.36. The summed E-state index contributed by atoms with van der Waals surface area (Å²) in [7, 11) is 0. The molecule has 0 aliphatic heterocycles. The van der Waals surface area contributed by atoms with Crippen LogP contribution in [-0.2, 0) is 25.5 Å². The van der Waals surface area contributed by atoms with Crippen LogP contribution in [0.25, 0.3) is 11.2 Å². The zero-order chi connectivity index (χ0) is 28.0. The molecule has 3 aromatic rings. The number of aromatic nitrogens is 4. The molecule has 0 radical (unpaired) electrons. The minimum absolute atomic E-state index is 0.0219. The number of rotatable bonds is 14. The lowest BCUT2D eigenvalue weighted by molar-refractivity contribution is -0.195. The van der Waals surface area contributed by atoms with Crippen LogP contribution in [-0.4, -0.2) is 88.9 Å². The summed E-state index contributed by atoms with van der Waals surface area (Å²) in [5.41, 5.74) is -1.77. The summed E-state index contributed by atoms with van der Waals surface area (Å²) in [6, 6.07) is 1.56. The molecule has 3 heterocycles. The number of ether oxygens (including phenoxy) is 2. The van der Waals surface area contributed by atoms with Crippen LogP contribution >= 0.6 is 22.9 Å². The molecule has 3 aromatic heterocycles. The summed E-state index contributed by atoms with van der Waals surface area (Å²) in [5, 5.41) is 46.2. The Morgan fingerprint density at radius 2 is 2.03 bits per heavy atom. The first-order valence-corrected chi connectivity index (χ1v) is 12.5. The van der Waals surface area contributed by atoms with E-state index in [2.05, 4.69) is 26.2 Å². The highest BCUT2D eigenvalue weighted by Crippen LogP contribution is 2.28. The molecule has 3 rings (SSSR count). The van der Waals surface area contributed by atoms with Crippen LogP contribution in [0.15, 0.2) is 23.2 Å². The molecule has 0 aromatic carbocycles. The van der Waals surface area contributed by atoms with E-state index in [9.17, 15) is 30.0 Å². The molecule has 13 nitrogen and oxygen atoms in total. The molecule has 5 N–H and O–H groups in total. The molecule has 0 aliphatic rings. The Morgan fingerprint density at radius 3 is 2.58 bits per heavy atom. The monoisotopic (exact) mass is 567 g/mol. The van der Waals surface area contributed by atoms with Gasteiger partial charge in [0.2, 0.25) is 5.28 Å². The van der Waals surface area contributed by atoms with Crippen molar-refractivity contribution in [3.63, 3.8) is 0 Å². The number of nitrogens with zero attached hydrogens (tertiary/aromatic N) is 4. The molecule has 0 bridgehead atoms. The molecular formula is C23H26ClN5O8S. The van der Waals surface area contributed by atoms with E-state index < -0.39 is 55.6 Å². The summed E-state index contributed by atoms with van der Waals surface area (Å²) < 4.78 is 12.5. The van der Waals surface area contributed by atoms with Crippen LogP contribution in [0.3, 0.4) is 0 Å². The molecule has 0 aliphatic carbocycles. The first-order chi connectivity index (χ1) is 18.0. The van der Waals surface area contributed by atoms with Gasteiger partial charge < -0.3 is 35.2 Å². The average Bonchev–Trinajstić information content (AvgIpc) is 3.52. The third kappa shape index (κ3) is 6.38. The fourth-order valence-electron chi connectivity index (χ4n) is 3.49. The predicted octanol–water partition coefficient (Wildman–Crippen LogP) is 1.40. The molecule has 15 heteroatoms. The zero-order valence-electron chi connectivity index (χ0n) is 20.3. The minimum atomic E-state index is -2.65. The van der Waals surface area contributed by atoms with Crippen molar-refractivity contribution in [2.75, 3.05) is 18.5 Å². The second-order valence-corrected chi connectivity index (χ2v) is 9.58. The maximum Gasteiger partial charge on any atom is 0.348 e. The lowest BCUT2D eigenvalue weighted by Gasteiger charge is -2.30. The summed E-state index contributed by atoms with van der Waals surface area (Å²) in [5.74, 6) is -1.01. The average molecular weight is 568 g/mol. The third-order valence-corrected chi connectivity index (χ3v) is 6.21. The van der Waals surface area contributed by atoms with Gasteiger partial charge in [-0.25, -0.2) is 14.6 Å². The van der Waals surface area contributed by atoms with Crippen LogP contribution in [0.5, 0.6) is 0 Å². The predicted molar refractivity (Wildman–Crippen MR) is 137 cm³/mol. The summed E-state index contributed by atoms with van der Waals surface area (Å²) in [4.78, 5) is 36.6. The van der Waals surface area contributed by atoms with Crippen molar-refractivity contribution in [2.45, 2.75) is 50.3 Å². The van der Waals surface area contributed by atoms with Gasteiger partial charge in [-0.1, -0.05) is 5.92 Å². The van der Waals surface area contributed by atoms with Gasteiger partial charge in [-0.15, -0.1) is 6.42 Å². The van der Waals surface area contributed by atoms with E-state index in [1.165, 1.54) is 22.2 Å². The molecule has 204 valence electrons. The molecule has 0 fully saturated rings. The summed E-state index contributed by atoms with van der Waals surface area (Å²) in [6.07, 6.45) is 1.93. The van der Waals surface area contributed by atoms with Gasteiger partial charge in [-0.2, -0.15) is 21.3 Å². The zero-order valence-corrected chi connectivity index (χ0v) is 21.9. The van der Waals surface area contributed by atoms with E-state index in [0.29, 0.717) is 16.9 Å². The van der Waals surface area contributed by atoms with Crippen LogP contribution in [0, 0.1) is 12.3 Å². The lowest BCUT2D eigenvalue weighted by atomic mass is 9.96. The highest BCUT2D eigenvalue weighted by molar-refractivity contribution is 7.07. The largest absolute Gasteiger partial charge is 0.479 e. The number of hydrogen-bond acceptors (Lipinski definition) is 11. The van der Waals surface area contributed by atoms with Crippen LogP contribution < -0.4 is 5.32 Å². The molecular weight excluding hydrogens is 542 g/mol. The molecule has 0 saturated heterocycles. The van der Waals surface area contributed by atoms with Crippen LogP contribution in [0.4, 0.5) is 5.82 Å². The van der Waals surface area contributed by atoms with Gasteiger partial charge in [0.15, 0.2) is 29.3 Å². The third-order valence-electron chi connectivity index (χ3n) is 5.31. The number of carboxylic acid groups (broad SMARTS) is 2. The summed E-state index contributed by atoms with van der Waals surface area (Å²) >= 11 is 7.35. The number of carboxylic acids is 2. The van der Waals surface area contributed by atoms with Gasteiger partial charge in [0.25, 0.3) is 5.60 Å². The van der Waals surface area contributed by atoms with Gasteiger partial charge in [-0.3, -0.25) is 4.57 Å². The fraction of sp³-hybridized carbons (Fsp3) is 0.435. The molecule has 0 saturated carbocycles. The number of aliphatic hydroxyl groups excluding tert-OH is 2. The number of carbonyl (C=O) groups is 2. The smallest absolute Gasteiger partial charge is 0.348 e. The van der Waals surface area contributed by atoms with Crippen LogP contribution in [0.2, 0.25) is 5.28 Å². The number of anilines is 1. The first kappa shape index (κ1) is 29.2. The van der Waals surface area contributed by atoms with E-state index in [-0.39, 0.29) is 17.0 Å². The van der Waals surface area contributed by atoms with Gasteiger partial charge in [-0.05, 0) is 47.8 Å². The molecule has 38 heavy (non-hydrogen) atoms. The second kappa shape index (κ2) is 12.5. The van der Waals surface area contributed by atoms with Crippen molar-refractivity contribution >= 4 is 51.9 Å². The van der Waals surface area contributed by atoms with E-state index in [1.54, 1.807) is 16.8 Å². The Bertz CT molecular complexity index is 1300. The maximum absolute atomic E-state index is 12.0. The number of terminal acetylenes is 1. The number of aliphatic carboxylic acids is 2. The quantitative estimate of drug-likeness (QED) is 0.107. The van der Waals surface area contributed by atoms with Crippen molar-refractivity contribution in [1.82, 2.24) is 19.5 Å². The minimum Gasteiger partial charge on any atom is -0.479 e. The number of fused-ring (bicyclic) bond motifs is 1. The van der Waals surface area contributed by atoms with Crippen molar-refractivity contribution in [3.8, 4) is 12.3 Å². The number of nitrogens with one attached hydrogen (secondary N) is 1. The Kier molecular flexibility index (Phi) is 9.60. The Labute approximate surface area is 226 Å². The Morgan fingerprint density at radius 1 is 1.32 bits per heavy atom. The fourth-order valence-corrected chi connectivity index (χ4v) is 4.32. The molecule has 0 unspecified atom stereocenters.